The first-order valence-corrected chi connectivity index (χ1v) is 13.3. The second-order valence-electron chi connectivity index (χ2n) is 9.62. The van der Waals surface area contributed by atoms with E-state index in [1.54, 1.807) is 56.9 Å². The van der Waals surface area contributed by atoms with Crippen LogP contribution in [0.25, 0.3) is 0 Å². The molecule has 2 fully saturated rings. The van der Waals surface area contributed by atoms with Crippen molar-refractivity contribution in [3.05, 3.63) is 23.8 Å². The van der Waals surface area contributed by atoms with Crippen molar-refractivity contribution in [3.63, 3.8) is 0 Å². The zero-order valence-electron chi connectivity index (χ0n) is 25.0. The molecule has 10 atom stereocenters. The van der Waals surface area contributed by atoms with Crippen molar-refractivity contribution in [3.8, 4) is 11.5 Å². The highest BCUT2D eigenvalue weighted by molar-refractivity contribution is 5.42. The molecule has 0 bridgehead atoms. The summed E-state index contributed by atoms with van der Waals surface area (Å²) in [6.45, 7) is 2.51. The Balaban J connectivity index is 1.79. The lowest BCUT2D eigenvalue weighted by molar-refractivity contribution is -0.365. The number of rotatable bonds is 15. The molecule has 0 N–H and O–H groups in total. The molecule has 0 saturated carbocycles. The van der Waals surface area contributed by atoms with Crippen molar-refractivity contribution < 1.29 is 56.8 Å². The Kier molecular flexibility index (Phi) is 13.3. The van der Waals surface area contributed by atoms with Crippen LogP contribution in [0.1, 0.15) is 12.5 Å². The first-order chi connectivity index (χ1) is 19.4. The fraction of sp³-hybridized carbons (Fsp3) is 0.786. The normalized spacial score (nSPS) is 34.5. The third-order valence-electron chi connectivity index (χ3n) is 7.42. The molecular weight excluding hydrogens is 528 g/mol. The minimum atomic E-state index is -0.801. The molecule has 0 unspecified atom stereocenters. The standard InChI is InChI=1S/C28H46O12/c1-16-21(32-5)23(34-7)25(35-8)28(38-16)40-24-22(33-6)20(15-29-2)39-27(26(24)36-9)37-13-12-17-10-11-18(30-3)19(14-17)31-4/h10-11,14,16,20-28H,12-13,15H2,1-9H3/t16-,20+,21-,22+,23+,24-,25+,26+,27+,28-/m0/s1. The summed E-state index contributed by atoms with van der Waals surface area (Å²) in [4.78, 5) is 0. The molecule has 0 aromatic heterocycles. The largest absolute Gasteiger partial charge is 0.493 e. The van der Waals surface area contributed by atoms with E-state index in [1.807, 2.05) is 25.1 Å². The predicted octanol–water partition coefficient (Wildman–Crippen LogP) is 1.84. The molecule has 12 nitrogen and oxygen atoms in total. The van der Waals surface area contributed by atoms with Crippen molar-refractivity contribution in [1.29, 1.82) is 0 Å². The summed E-state index contributed by atoms with van der Waals surface area (Å²) in [5.41, 5.74) is 1.02. The van der Waals surface area contributed by atoms with Gasteiger partial charge in [0.2, 0.25) is 0 Å². The summed E-state index contributed by atoms with van der Waals surface area (Å²) in [6, 6.07) is 5.75. The first kappa shape index (κ1) is 32.9. The van der Waals surface area contributed by atoms with Crippen molar-refractivity contribution in [2.75, 3.05) is 70.1 Å². The van der Waals surface area contributed by atoms with Gasteiger partial charge in [-0.1, -0.05) is 6.07 Å². The number of benzene rings is 1. The van der Waals surface area contributed by atoms with Crippen molar-refractivity contribution >= 4 is 0 Å². The van der Waals surface area contributed by atoms with E-state index < -0.39 is 49.2 Å². The van der Waals surface area contributed by atoms with Crippen LogP contribution in [0, 0.1) is 0 Å². The zero-order valence-corrected chi connectivity index (χ0v) is 25.0. The van der Waals surface area contributed by atoms with Crippen molar-refractivity contribution in [2.45, 2.75) is 74.8 Å². The molecule has 1 aromatic carbocycles. The minimum Gasteiger partial charge on any atom is -0.493 e. The van der Waals surface area contributed by atoms with Crippen LogP contribution in [0.2, 0.25) is 0 Å². The van der Waals surface area contributed by atoms with Crippen LogP contribution in [0.3, 0.4) is 0 Å². The maximum atomic E-state index is 6.59. The predicted molar refractivity (Wildman–Crippen MR) is 143 cm³/mol. The summed E-state index contributed by atoms with van der Waals surface area (Å²) in [5.74, 6) is 1.32. The molecule has 2 heterocycles. The van der Waals surface area contributed by atoms with E-state index in [9.17, 15) is 0 Å². The van der Waals surface area contributed by atoms with Gasteiger partial charge >= 0.3 is 0 Å². The van der Waals surface area contributed by atoms with E-state index in [-0.39, 0.29) is 18.8 Å². The molecule has 230 valence electrons. The van der Waals surface area contributed by atoms with Gasteiger partial charge in [0.15, 0.2) is 24.1 Å². The fourth-order valence-electron chi connectivity index (χ4n) is 5.41. The lowest BCUT2D eigenvalue weighted by Gasteiger charge is -2.49. The molecule has 2 aliphatic heterocycles. The van der Waals surface area contributed by atoms with Crippen LogP contribution in [0.5, 0.6) is 11.5 Å². The SMILES string of the molecule is COC[C@H]1O[C@@H](OCCc2ccc(OC)c(OC)c2)[C@H](OC)[C@@H](O[C@@H]2O[C@@H](C)[C@H](OC)[C@@H](OC)[C@H]2OC)[C@@H]1OC. The molecule has 0 aliphatic carbocycles. The van der Waals surface area contributed by atoms with Gasteiger partial charge in [0, 0.05) is 42.7 Å². The molecule has 0 radical (unpaired) electrons. The van der Waals surface area contributed by atoms with Crippen LogP contribution in [-0.4, -0.2) is 132 Å². The Morgan fingerprint density at radius 2 is 1.27 bits per heavy atom. The van der Waals surface area contributed by atoms with E-state index in [2.05, 4.69) is 0 Å². The lowest BCUT2D eigenvalue weighted by atomic mass is 9.96. The van der Waals surface area contributed by atoms with Gasteiger partial charge in [-0.15, -0.1) is 0 Å². The molecule has 3 rings (SSSR count). The molecule has 12 heteroatoms. The van der Waals surface area contributed by atoms with E-state index in [1.165, 1.54) is 0 Å². The molecule has 0 spiro atoms. The van der Waals surface area contributed by atoms with Crippen molar-refractivity contribution in [1.82, 2.24) is 0 Å². The third kappa shape index (κ3) is 7.43. The van der Waals surface area contributed by atoms with Crippen LogP contribution in [-0.2, 0) is 53.8 Å². The highest BCUT2D eigenvalue weighted by Crippen LogP contribution is 2.34. The van der Waals surface area contributed by atoms with Gasteiger partial charge in [0.25, 0.3) is 0 Å². The van der Waals surface area contributed by atoms with Gasteiger partial charge in [0.05, 0.1) is 33.5 Å². The topological polar surface area (TPSA) is 111 Å². The summed E-state index contributed by atoms with van der Waals surface area (Å²) >= 11 is 0. The van der Waals surface area contributed by atoms with E-state index >= 15 is 0 Å². The number of methoxy groups -OCH3 is 8. The number of hydrogen-bond donors (Lipinski definition) is 0. The molecule has 2 saturated heterocycles. The van der Waals surface area contributed by atoms with Gasteiger partial charge in [0.1, 0.15) is 42.7 Å². The monoisotopic (exact) mass is 574 g/mol. The fourth-order valence-corrected chi connectivity index (χ4v) is 5.41. The van der Waals surface area contributed by atoms with Crippen LogP contribution >= 0.6 is 0 Å². The minimum absolute atomic E-state index is 0.256. The molecule has 2 aliphatic rings. The van der Waals surface area contributed by atoms with Crippen LogP contribution < -0.4 is 9.47 Å². The zero-order chi connectivity index (χ0) is 29.2. The Morgan fingerprint density at radius 1 is 0.650 bits per heavy atom. The summed E-state index contributed by atoms with van der Waals surface area (Å²) in [5, 5.41) is 0. The number of hydrogen-bond acceptors (Lipinski definition) is 12. The maximum absolute atomic E-state index is 6.59. The second kappa shape index (κ2) is 16.2. The lowest BCUT2D eigenvalue weighted by Crippen LogP contribution is -2.65. The van der Waals surface area contributed by atoms with Crippen molar-refractivity contribution in [2.24, 2.45) is 0 Å². The second-order valence-corrected chi connectivity index (χ2v) is 9.62. The van der Waals surface area contributed by atoms with Crippen LogP contribution in [0.15, 0.2) is 18.2 Å². The Labute approximate surface area is 237 Å². The summed E-state index contributed by atoms with van der Waals surface area (Å²) in [7, 11) is 12.8. The molecule has 0 amide bonds. The highest BCUT2D eigenvalue weighted by atomic mass is 16.8. The first-order valence-electron chi connectivity index (χ1n) is 13.3. The maximum Gasteiger partial charge on any atom is 0.187 e. The summed E-state index contributed by atoms with van der Waals surface area (Å²) in [6.07, 6.45) is -4.97. The average Bonchev–Trinajstić information content (AvgIpc) is 2.96. The van der Waals surface area contributed by atoms with Gasteiger partial charge in [-0.05, 0) is 31.0 Å². The Bertz CT molecular complexity index is 872. The van der Waals surface area contributed by atoms with E-state index in [4.69, 9.17) is 56.8 Å². The van der Waals surface area contributed by atoms with Gasteiger partial charge in [-0.25, -0.2) is 0 Å². The van der Waals surface area contributed by atoms with E-state index in [0.717, 1.165) is 5.56 Å². The summed E-state index contributed by atoms with van der Waals surface area (Å²) < 4.78 is 70.4. The quantitative estimate of drug-likeness (QED) is 0.305. The molecule has 40 heavy (non-hydrogen) atoms. The highest BCUT2D eigenvalue weighted by Gasteiger charge is 2.53. The van der Waals surface area contributed by atoms with Gasteiger partial charge in [-0.2, -0.15) is 0 Å². The third-order valence-corrected chi connectivity index (χ3v) is 7.42. The van der Waals surface area contributed by atoms with Crippen LogP contribution in [0.4, 0.5) is 0 Å². The van der Waals surface area contributed by atoms with Gasteiger partial charge < -0.3 is 56.8 Å². The van der Waals surface area contributed by atoms with E-state index in [0.29, 0.717) is 24.5 Å². The number of ether oxygens (including phenoxy) is 12. The Morgan fingerprint density at radius 3 is 1.85 bits per heavy atom. The average molecular weight is 575 g/mol. The smallest absolute Gasteiger partial charge is 0.187 e. The van der Waals surface area contributed by atoms with Gasteiger partial charge in [-0.3, -0.25) is 0 Å². The Hall–Kier alpha value is -1.58. The molecule has 1 aromatic rings. The molecular formula is C28H46O12.